The minimum absolute atomic E-state index is 0.0335. The predicted molar refractivity (Wildman–Crippen MR) is 66.0 cm³/mol. The third-order valence-electron chi connectivity index (χ3n) is 1.69. The number of hydrogen-bond donors (Lipinski definition) is 3. The van der Waals surface area contributed by atoms with Crippen LogP contribution in [-0.2, 0) is 0 Å². The number of amides is 2. The monoisotopic (exact) mass is 234 g/mol. The van der Waals surface area contributed by atoms with Gasteiger partial charge in [-0.25, -0.2) is 4.79 Å². The number of carbonyl (C=O) groups is 1. The van der Waals surface area contributed by atoms with E-state index < -0.39 is 6.03 Å². The predicted octanol–water partition coefficient (Wildman–Crippen LogP) is 0.508. The van der Waals surface area contributed by atoms with E-state index in [0.717, 1.165) is 0 Å². The first-order chi connectivity index (χ1) is 8.11. The van der Waals surface area contributed by atoms with Crippen LogP contribution in [-0.4, -0.2) is 29.0 Å². The van der Waals surface area contributed by atoms with Gasteiger partial charge in [-0.15, -0.1) is 5.10 Å². The third-order valence-corrected chi connectivity index (χ3v) is 1.69. The highest BCUT2D eigenvalue weighted by Crippen LogP contribution is 2.01. The van der Waals surface area contributed by atoms with Crippen molar-refractivity contribution < 1.29 is 4.79 Å². The number of hydrazone groups is 1. The van der Waals surface area contributed by atoms with Gasteiger partial charge in [-0.1, -0.05) is 6.58 Å². The third kappa shape index (κ3) is 4.65. The van der Waals surface area contributed by atoms with Crippen LogP contribution >= 0.6 is 0 Å². The Morgan fingerprint density at radius 3 is 3.06 bits per heavy atom. The molecule has 17 heavy (non-hydrogen) atoms. The molecule has 0 aliphatic heterocycles. The van der Waals surface area contributed by atoms with Crippen LogP contribution in [0, 0.1) is 0 Å². The van der Waals surface area contributed by atoms with Crippen LogP contribution in [0.3, 0.4) is 0 Å². The smallest absolute Gasteiger partial charge is 0.326 e. The topological polar surface area (TPSA) is 95.6 Å². The van der Waals surface area contributed by atoms with E-state index in [1.54, 1.807) is 25.4 Å². The molecule has 0 radical (unpaired) electrons. The summed E-state index contributed by atoms with van der Waals surface area (Å²) in [7, 11) is 1.64. The number of anilines is 1. The van der Waals surface area contributed by atoms with E-state index in [1.807, 2.05) is 0 Å². The lowest BCUT2D eigenvalue weighted by Crippen LogP contribution is -2.40. The molecule has 0 fully saturated rings. The van der Waals surface area contributed by atoms with Crippen molar-refractivity contribution in [2.24, 2.45) is 10.8 Å². The molecule has 90 valence electrons. The zero-order valence-electron chi connectivity index (χ0n) is 9.42. The fraction of sp³-hybridized carbons (Fsp3) is 0.100. The lowest BCUT2D eigenvalue weighted by molar-refractivity contribution is 0.256. The van der Waals surface area contributed by atoms with Gasteiger partial charge in [-0.3, -0.25) is 15.3 Å². The van der Waals surface area contributed by atoms with Gasteiger partial charge in [-0.05, 0) is 12.1 Å². The molecule has 0 aliphatic carbocycles. The van der Waals surface area contributed by atoms with Crippen molar-refractivity contribution in [1.29, 1.82) is 0 Å². The van der Waals surface area contributed by atoms with Gasteiger partial charge < -0.3 is 11.1 Å². The molecule has 0 spiro atoms. The van der Waals surface area contributed by atoms with Gasteiger partial charge >= 0.3 is 6.03 Å². The van der Waals surface area contributed by atoms with Crippen molar-refractivity contribution in [3.05, 3.63) is 37.3 Å². The maximum absolute atomic E-state index is 11.4. The van der Waals surface area contributed by atoms with Crippen LogP contribution in [0.2, 0.25) is 0 Å². The summed E-state index contributed by atoms with van der Waals surface area (Å²) in [5.74, 6) is -0.0335. The number of carbonyl (C=O) groups excluding carboxylic acids is 1. The Morgan fingerprint density at radius 2 is 2.47 bits per heavy atom. The maximum atomic E-state index is 11.4. The summed E-state index contributed by atoms with van der Waals surface area (Å²) in [6.07, 6.45) is 4.58. The Bertz CT molecular complexity index is 416. The Balaban J connectivity index is 2.50. The van der Waals surface area contributed by atoms with Gasteiger partial charge in [-0.2, -0.15) is 0 Å². The van der Waals surface area contributed by atoms with Crippen molar-refractivity contribution in [3.63, 3.8) is 0 Å². The zero-order valence-corrected chi connectivity index (χ0v) is 9.42. The second-order valence-corrected chi connectivity index (χ2v) is 3.06. The average molecular weight is 234 g/mol. The quantitative estimate of drug-likeness (QED) is 0.403. The van der Waals surface area contributed by atoms with Crippen molar-refractivity contribution in [3.8, 4) is 0 Å². The molecular formula is C10H14N6O. The van der Waals surface area contributed by atoms with Gasteiger partial charge in [0.25, 0.3) is 0 Å². The molecule has 0 atom stereocenters. The molecule has 1 aromatic rings. The van der Waals surface area contributed by atoms with Crippen molar-refractivity contribution in [2.45, 2.75) is 0 Å². The highest BCUT2D eigenvalue weighted by Gasteiger charge is 2.03. The van der Waals surface area contributed by atoms with Gasteiger partial charge in [0.2, 0.25) is 5.96 Å². The van der Waals surface area contributed by atoms with E-state index in [-0.39, 0.29) is 5.96 Å². The summed E-state index contributed by atoms with van der Waals surface area (Å²) >= 11 is 0. The standard InChI is InChI=1S/C10H14N6O/c1-3-16(2)15-9(11)14-10(17)13-8-5-4-6-12-7-8/h3-7H,1H2,2H3,(H4,11,13,14,15,17). The Labute approximate surface area is 99.0 Å². The normalized spacial score (nSPS) is 10.5. The number of nitrogens with two attached hydrogens (primary N) is 1. The van der Waals surface area contributed by atoms with E-state index in [0.29, 0.717) is 5.69 Å². The first-order valence-corrected chi connectivity index (χ1v) is 4.79. The Morgan fingerprint density at radius 1 is 1.71 bits per heavy atom. The van der Waals surface area contributed by atoms with Gasteiger partial charge in [0, 0.05) is 19.4 Å². The number of urea groups is 1. The van der Waals surface area contributed by atoms with Crippen LogP contribution < -0.4 is 16.4 Å². The number of aromatic nitrogens is 1. The van der Waals surface area contributed by atoms with Gasteiger partial charge in [0.15, 0.2) is 0 Å². The first-order valence-electron chi connectivity index (χ1n) is 4.79. The van der Waals surface area contributed by atoms with Crippen molar-refractivity contribution in [2.75, 3.05) is 12.4 Å². The zero-order chi connectivity index (χ0) is 12.7. The Kier molecular flexibility index (Phi) is 4.49. The summed E-state index contributed by atoms with van der Waals surface area (Å²) in [5.41, 5.74) is 6.04. The lowest BCUT2D eigenvalue weighted by Gasteiger charge is -2.09. The van der Waals surface area contributed by atoms with E-state index >= 15 is 0 Å². The number of guanidine groups is 1. The second-order valence-electron chi connectivity index (χ2n) is 3.06. The van der Waals surface area contributed by atoms with Crippen molar-refractivity contribution in [1.82, 2.24) is 15.3 Å². The lowest BCUT2D eigenvalue weighted by atomic mass is 10.4. The molecule has 2 amide bonds. The van der Waals surface area contributed by atoms with Crippen molar-refractivity contribution >= 4 is 17.7 Å². The fourth-order valence-corrected chi connectivity index (χ4v) is 0.951. The summed E-state index contributed by atoms with van der Waals surface area (Å²) in [4.78, 5) is 15.3. The minimum atomic E-state index is -0.489. The van der Waals surface area contributed by atoms with E-state index in [9.17, 15) is 4.79 Å². The molecule has 0 unspecified atom stereocenters. The van der Waals surface area contributed by atoms with E-state index in [1.165, 1.54) is 17.4 Å². The Hall–Kier alpha value is -2.57. The second kappa shape index (κ2) is 6.11. The number of nitrogens with one attached hydrogen (secondary N) is 2. The average Bonchev–Trinajstić information content (AvgIpc) is 2.29. The minimum Gasteiger partial charge on any atom is -0.368 e. The summed E-state index contributed by atoms with van der Waals surface area (Å²) in [6.45, 7) is 3.49. The molecule has 1 aromatic heterocycles. The summed E-state index contributed by atoms with van der Waals surface area (Å²) in [5, 5.41) is 10.1. The summed E-state index contributed by atoms with van der Waals surface area (Å²) in [6, 6.07) is 2.92. The van der Waals surface area contributed by atoms with E-state index in [4.69, 9.17) is 5.73 Å². The van der Waals surface area contributed by atoms with Crippen LogP contribution in [0.25, 0.3) is 0 Å². The van der Waals surface area contributed by atoms with Gasteiger partial charge in [0.05, 0.1) is 11.9 Å². The molecule has 7 nitrogen and oxygen atoms in total. The number of pyridine rings is 1. The van der Waals surface area contributed by atoms with Gasteiger partial charge in [0.1, 0.15) is 0 Å². The summed E-state index contributed by atoms with van der Waals surface area (Å²) < 4.78 is 0. The van der Waals surface area contributed by atoms with Crippen LogP contribution in [0.1, 0.15) is 0 Å². The molecule has 1 heterocycles. The fourth-order valence-electron chi connectivity index (χ4n) is 0.951. The first kappa shape index (κ1) is 12.5. The van der Waals surface area contributed by atoms with Crippen LogP contribution in [0.4, 0.5) is 10.5 Å². The van der Waals surface area contributed by atoms with Crippen LogP contribution in [0.5, 0.6) is 0 Å². The molecule has 0 aromatic carbocycles. The molecule has 4 N–H and O–H groups in total. The molecule has 1 rings (SSSR count). The molecular weight excluding hydrogens is 220 g/mol. The largest absolute Gasteiger partial charge is 0.368 e. The van der Waals surface area contributed by atoms with Crippen LogP contribution in [0.15, 0.2) is 42.4 Å². The van der Waals surface area contributed by atoms with E-state index in [2.05, 4.69) is 27.3 Å². The highest BCUT2D eigenvalue weighted by atomic mass is 16.2. The molecule has 7 heteroatoms. The SMILES string of the molecule is C=CN(C)/N=C(\N)NC(=O)Nc1cccnc1. The molecule has 0 saturated carbocycles. The molecule has 0 aliphatic rings. The maximum Gasteiger partial charge on any atom is 0.326 e. The number of hydrogen-bond acceptors (Lipinski definition) is 4. The number of nitrogens with zero attached hydrogens (tertiary/aromatic N) is 3. The highest BCUT2D eigenvalue weighted by molar-refractivity contribution is 6.01. The number of rotatable bonds is 3. The molecule has 0 saturated heterocycles. The molecule has 0 bridgehead atoms.